The molecule has 0 radical (unpaired) electrons. The second-order valence-corrected chi connectivity index (χ2v) is 3.07. The van der Waals surface area contributed by atoms with Gasteiger partial charge in [-0.25, -0.2) is 0 Å². The van der Waals surface area contributed by atoms with Crippen LogP contribution in [-0.4, -0.2) is 48.8 Å². The molecule has 0 rings (SSSR count). The molecule has 0 heterocycles. The van der Waals surface area contributed by atoms with Gasteiger partial charge < -0.3 is 10.4 Å². The zero-order valence-corrected chi connectivity index (χ0v) is 8.64. The molecule has 0 amide bonds. The molecule has 0 saturated heterocycles. The van der Waals surface area contributed by atoms with E-state index in [0.29, 0.717) is 5.88 Å². The van der Waals surface area contributed by atoms with Gasteiger partial charge in [-0.1, -0.05) is 6.92 Å². The number of rotatable bonds is 7. The van der Waals surface area contributed by atoms with Gasteiger partial charge in [0.15, 0.2) is 0 Å². The first kappa shape index (κ1) is 12.2. The normalized spacial score (nSPS) is 13.8. The van der Waals surface area contributed by atoms with Crippen LogP contribution in [0, 0.1) is 0 Å². The van der Waals surface area contributed by atoms with Crippen LogP contribution in [0.25, 0.3) is 0 Å². The fourth-order valence-electron chi connectivity index (χ4n) is 1.08. The Labute approximate surface area is 79.7 Å². The number of hydrogen-bond donors (Lipinski definition) is 2. The van der Waals surface area contributed by atoms with Crippen molar-refractivity contribution in [3.05, 3.63) is 0 Å². The Morgan fingerprint density at radius 1 is 1.58 bits per heavy atom. The summed E-state index contributed by atoms with van der Waals surface area (Å²) in [6, 6.07) is 0. The van der Waals surface area contributed by atoms with Crippen molar-refractivity contribution in [2.45, 2.75) is 19.6 Å². The second kappa shape index (κ2) is 7.80. The largest absolute Gasteiger partial charge is 0.378 e. The third kappa shape index (κ3) is 4.93. The average molecular weight is 195 g/mol. The van der Waals surface area contributed by atoms with Crippen LogP contribution in [0.3, 0.4) is 0 Å². The topological polar surface area (TPSA) is 35.5 Å². The molecule has 0 bridgehead atoms. The molecule has 12 heavy (non-hydrogen) atoms. The Morgan fingerprint density at radius 3 is 2.67 bits per heavy atom. The minimum atomic E-state index is -0.360. The van der Waals surface area contributed by atoms with E-state index in [4.69, 9.17) is 11.6 Å². The van der Waals surface area contributed by atoms with Gasteiger partial charge in [0.2, 0.25) is 0 Å². The van der Waals surface area contributed by atoms with Gasteiger partial charge in [-0.2, -0.15) is 0 Å². The van der Waals surface area contributed by atoms with Crippen LogP contribution in [0.15, 0.2) is 0 Å². The molecule has 1 unspecified atom stereocenters. The molecule has 4 heteroatoms. The third-order valence-electron chi connectivity index (χ3n) is 1.85. The minimum Gasteiger partial charge on any atom is -0.378 e. The molecule has 0 aliphatic carbocycles. The Hall–Kier alpha value is 0.170. The highest BCUT2D eigenvalue weighted by Crippen LogP contribution is 2.00. The number of halogens is 1. The van der Waals surface area contributed by atoms with E-state index in [9.17, 15) is 5.11 Å². The van der Waals surface area contributed by atoms with E-state index in [1.54, 1.807) is 0 Å². The maximum Gasteiger partial charge on any atom is 0.108 e. The van der Waals surface area contributed by atoms with E-state index < -0.39 is 0 Å². The van der Waals surface area contributed by atoms with Crippen molar-refractivity contribution in [1.82, 2.24) is 10.2 Å². The van der Waals surface area contributed by atoms with E-state index in [0.717, 1.165) is 26.1 Å². The number of hydrogen-bond acceptors (Lipinski definition) is 3. The lowest BCUT2D eigenvalue weighted by atomic mass is 10.3. The Balaban J connectivity index is 3.60. The predicted molar refractivity (Wildman–Crippen MR) is 52.5 cm³/mol. The lowest BCUT2D eigenvalue weighted by Crippen LogP contribution is -2.38. The van der Waals surface area contributed by atoms with Gasteiger partial charge in [0, 0.05) is 12.4 Å². The van der Waals surface area contributed by atoms with E-state index >= 15 is 0 Å². The molecule has 74 valence electrons. The molecule has 0 fully saturated rings. The lowest BCUT2D eigenvalue weighted by Gasteiger charge is -2.25. The molecule has 0 aromatic heterocycles. The third-order valence-corrected chi connectivity index (χ3v) is 2.02. The molecule has 0 saturated carbocycles. The van der Waals surface area contributed by atoms with Crippen molar-refractivity contribution in [2.24, 2.45) is 0 Å². The van der Waals surface area contributed by atoms with Crippen LogP contribution in [0.2, 0.25) is 0 Å². The van der Waals surface area contributed by atoms with Crippen LogP contribution < -0.4 is 5.32 Å². The van der Waals surface area contributed by atoms with Crippen molar-refractivity contribution < 1.29 is 5.11 Å². The number of nitrogens with one attached hydrogen (secondary N) is 1. The number of aliphatic hydroxyl groups excluding tert-OH is 1. The molecule has 2 N–H and O–H groups in total. The Bertz CT molecular complexity index is 103. The van der Waals surface area contributed by atoms with E-state index in [2.05, 4.69) is 5.32 Å². The number of nitrogens with zero attached hydrogens (tertiary/aromatic N) is 1. The van der Waals surface area contributed by atoms with E-state index in [1.807, 2.05) is 18.9 Å². The fraction of sp³-hybridized carbons (Fsp3) is 1.00. The highest BCUT2D eigenvalue weighted by atomic mass is 35.5. The van der Waals surface area contributed by atoms with Crippen molar-refractivity contribution in [3.8, 4) is 0 Å². The van der Waals surface area contributed by atoms with Gasteiger partial charge in [0.25, 0.3) is 0 Å². The number of alkyl halides is 1. The van der Waals surface area contributed by atoms with E-state index in [-0.39, 0.29) is 6.23 Å². The van der Waals surface area contributed by atoms with Crippen LogP contribution >= 0.6 is 11.6 Å². The summed E-state index contributed by atoms with van der Waals surface area (Å²) in [4.78, 5) is 1.96. The van der Waals surface area contributed by atoms with Crippen LogP contribution in [-0.2, 0) is 0 Å². The lowest BCUT2D eigenvalue weighted by molar-refractivity contribution is 0.00586. The summed E-state index contributed by atoms with van der Waals surface area (Å²) in [5.41, 5.74) is 0. The highest BCUT2D eigenvalue weighted by molar-refractivity contribution is 6.18. The molecule has 0 aromatic rings. The predicted octanol–water partition coefficient (Wildman–Crippen LogP) is 0.475. The van der Waals surface area contributed by atoms with Gasteiger partial charge in [-0.05, 0) is 26.6 Å². The Kier molecular flexibility index (Phi) is 7.91. The molecule has 0 aromatic carbocycles. The summed E-state index contributed by atoms with van der Waals surface area (Å²) in [7, 11) is 1.88. The van der Waals surface area contributed by atoms with Gasteiger partial charge in [0.05, 0.1) is 0 Å². The zero-order chi connectivity index (χ0) is 9.40. The second-order valence-electron chi connectivity index (χ2n) is 2.69. The molecule has 0 aliphatic rings. The van der Waals surface area contributed by atoms with Gasteiger partial charge in [-0.15, -0.1) is 11.6 Å². The Morgan fingerprint density at radius 2 is 2.25 bits per heavy atom. The van der Waals surface area contributed by atoms with Crippen molar-refractivity contribution in [1.29, 1.82) is 0 Å². The molecule has 0 spiro atoms. The summed E-state index contributed by atoms with van der Waals surface area (Å²) >= 11 is 5.58. The van der Waals surface area contributed by atoms with Crippen molar-refractivity contribution >= 4 is 11.6 Å². The molecular weight excluding hydrogens is 176 g/mol. The van der Waals surface area contributed by atoms with Gasteiger partial charge >= 0.3 is 0 Å². The van der Waals surface area contributed by atoms with Gasteiger partial charge in [-0.3, -0.25) is 4.90 Å². The minimum absolute atomic E-state index is 0.360. The fourth-order valence-corrected chi connectivity index (χ4v) is 1.30. The highest BCUT2D eigenvalue weighted by Gasteiger charge is 2.11. The average Bonchev–Trinajstić information content (AvgIpc) is 2.10. The van der Waals surface area contributed by atoms with Crippen molar-refractivity contribution in [3.63, 3.8) is 0 Å². The van der Waals surface area contributed by atoms with Crippen molar-refractivity contribution in [2.75, 3.05) is 32.6 Å². The standard InChI is InChI=1S/C8H19ClN2O/c1-3-11(7-5-9)8(12)4-6-10-2/h8,10,12H,3-7H2,1-2H3. The van der Waals surface area contributed by atoms with Crippen LogP contribution in [0.5, 0.6) is 0 Å². The molecule has 1 atom stereocenters. The summed E-state index contributed by atoms with van der Waals surface area (Å²) in [6.45, 7) is 4.45. The van der Waals surface area contributed by atoms with Gasteiger partial charge in [0.1, 0.15) is 6.23 Å². The monoisotopic (exact) mass is 194 g/mol. The quantitative estimate of drug-likeness (QED) is 0.457. The molecule has 3 nitrogen and oxygen atoms in total. The summed E-state index contributed by atoms with van der Waals surface area (Å²) < 4.78 is 0. The first-order chi connectivity index (χ1) is 5.76. The van der Waals surface area contributed by atoms with Crippen LogP contribution in [0.1, 0.15) is 13.3 Å². The maximum absolute atomic E-state index is 9.60. The number of aliphatic hydroxyl groups is 1. The molecule has 0 aliphatic heterocycles. The van der Waals surface area contributed by atoms with Crippen LogP contribution in [0.4, 0.5) is 0 Å². The summed E-state index contributed by atoms with van der Waals surface area (Å²) in [6.07, 6.45) is 0.391. The zero-order valence-electron chi connectivity index (χ0n) is 7.89. The first-order valence-electron chi connectivity index (χ1n) is 4.39. The maximum atomic E-state index is 9.60. The molecular formula is C8H19ClN2O. The van der Waals surface area contributed by atoms with E-state index in [1.165, 1.54) is 0 Å². The first-order valence-corrected chi connectivity index (χ1v) is 4.92. The smallest absolute Gasteiger partial charge is 0.108 e. The SMILES string of the molecule is CCN(CCCl)C(O)CCNC. The summed E-state index contributed by atoms with van der Waals surface area (Å²) in [5.74, 6) is 0.574. The summed E-state index contributed by atoms with van der Waals surface area (Å²) in [5, 5.41) is 12.6.